The zero-order valence-corrected chi connectivity index (χ0v) is 16.4. The van der Waals surface area contributed by atoms with E-state index in [0.29, 0.717) is 31.3 Å². The Morgan fingerprint density at radius 3 is 2.77 bits per heavy atom. The Labute approximate surface area is 161 Å². The Balaban J connectivity index is 2.51. The molecule has 26 heavy (non-hydrogen) atoms. The van der Waals surface area contributed by atoms with Crippen LogP contribution in [0, 0.1) is 5.92 Å². The number of Topliss-reactive ketones (excluding diaryl/α,β-unsaturated/α-hetero) is 1. The van der Waals surface area contributed by atoms with Crippen molar-refractivity contribution < 1.29 is 19.4 Å². The summed E-state index contributed by atoms with van der Waals surface area (Å²) < 4.78 is 4.60. The van der Waals surface area contributed by atoms with Crippen molar-refractivity contribution in [2.24, 2.45) is 5.92 Å². The SMILES string of the molecule is CC/C=C\C[C@H](O)C/C=C1/C(=O)C(Cl)=C[C@@H]1C/C=C\CCCC(=O)OC. The van der Waals surface area contributed by atoms with Gasteiger partial charge in [0.05, 0.1) is 18.2 Å². The number of halogens is 1. The van der Waals surface area contributed by atoms with Crippen molar-refractivity contribution in [3.8, 4) is 0 Å². The number of carbonyl (C=O) groups is 2. The molecule has 0 radical (unpaired) electrons. The number of hydrogen-bond acceptors (Lipinski definition) is 4. The van der Waals surface area contributed by atoms with Crippen molar-refractivity contribution in [2.75, 3.05) is 7.11 Å². The first-order chi connectivity index (χ1) is 12.5. The van der Waals surface area contributed by atoms with E-state index in [1.54, 1.807) is 6.08 Å². The van der Waals surface area contributed by atoms with Gasteiger partial charge in [0.1, 0.15) is 0 Å². The van der Waals surface area contributed by atoms with Gasteiger partial charge >= 0.3 is 5.97 Å². The molecule has 1 aliphatic carbocycles. The molecule has 0 aromatic heterocycles. The molecule has 0 bridgehead atoms. The number of methoxy groups -OCH3 is 1. The average Bonchev–Trinajstić information content (AvgIpc) is 2.89. The van der Waals surface area contributed by atoms with Gasteiger partial charge in [0.2, 0.25) is 0 Å². The van der Waals surface area contributed by atoms with Gasteiger partial charge in [-0.2, -0.15) is 0 Å². The molecule has 1 aliphatic rings. The molecule has 0 aliphatic heterocycles. The third-order valence-electron chi connectivity index (χ3n) is 4.18. The number of allylic oxidation sites excluding steroid dienone is 6. The number of rotatable bonds is 11. The summed E-state index contributed by atoms with van der Waals surface area (Å²) in [4.78, 5) is 23.2. The van der Waals surface area contributed by atoms with E-state index < -0.39 is 6.10 Å². The molecule has 1 N–H and O–H groups in total. The number of aliphatic hydroxyl groups is 1. The molecule has 0 saturated carbocycles. The van der Waals surface area contributed by atoms with Crippen LogP contribution in [0.25, 0.3) is 0 Å². The lowest BCUT2D eigenvalue weighted by Crippen LogP contribution is -2.07. The summed E-state index contributed by atoms with van der Waals surface area (Å²) >= 11 is 6.00. The highest BCUT2D eigenvalue weighted by Crippen LogP contribution is 2.32. The van der Waals surface area contributed by atoms with Crippen LogP contribution in [0.2, 0.25) is 0 Å². The second-order valence-electron chi connectivity index (χ2n) is 6.29. The van der Waals surface area contributed by atoms with Crippen molar-refractivity contribution >= 4 is 23.4 Å². The summed E-state index contributed by atoms with van der Waals surface area (Å²) in [5.41, 5.74) is 0.660. The molecule has 0 saturated heterocycles. The van der Waals surface area contributed by atoms with Crippen LogP contribution in [0.1, 0.15) is 51.9 Å². The van der Waals surface area contributed by atoms with Gasteiger partial charge in [-0.05, 0) is 38.5 Å². The molecule has 1 rings (SSSR count). The summed E-state index contributed by atoms with van der Waals surface area (Å²) in [5.74, 6) is -0.399. The van der Waals surface area contributed by atoms with E-state index in [4.69, 9.17) is 11.6 Å². The van der Waals surface area contributed by atoms with Crippen molar-refractivity contribution in [2.45, 2.75) is 58.0 Å². The fourth-order valence-electron chi connectivity index (χ4n) is 2.69. The van der Waals surface area contributed by atoms with Crippen LogP contribution in [0.15, 0.2) is 47.1 Å². The molecular formula is C21H29ClO4. The maximum absolute atomic E-state index is 12.2. The molecule has 0 heterocycles. The van der Waals surface area contributed by atoms with Crippen LogP contribution >= 0.6 is 11.6 Å². The molecule has 0 fully saturated rings. The van der Waals surface area contributed by atoms with Crippen LogP contribution < -0.4 is 0 Å². The number of unbranched alkanes of at least 4 members (excludes halogenated alkanes) is 1. The smallest absolute Gasteiger partial charge is 0.305 e. The molecule has 144 valence electrons. The van der Waals surface area contributed by atoms with Gasteiger partial charge in [0, 0.05) is 17.9 Å². The maximum Gasteiger partial charge on any atom is 0.305 e. The maximum atomic E-state index is 12.2. The normalized spacial score (nSPS) is 20.3. The van der Waals surface area contributed by atoms with E-state index >= 15 is 0 Å². The van der Waals surface area contributed by atoms with Crippen LogP contribution in [-0.4, -0.2) is 30.1 Å². The molecule has 0 aromatic carbocycles. The highest BCUT2D eigenvalue weighted by atomic mass is 35.5. The van der Waals surface area contributed by atoms with E-state index in [1.807, 2.05) is 37.3 Å². The Bertz CT molecular complexity index is 587. The first-order valence-electron chi connectivity index (χ1n) is 9.16. The Hall–Kier alpha value is -1.65. The third kappa shape index (κ3) is 8.15. The zero-order chi connectivity index (χ0) is 19.4. The number of esters is 1. The highest BCUT2D eigenvalue weighted by molar-refractivity contribution is 6.46. The molecule has 0 amide bonds. The van der Waals surface area contributed by atoms with Gasteiger partial charge in [-0.1, -0.05) is 55.0 Å². The highest BCUT2D eigenvalue weighted by Gasteiger charge is 2.27. The first-order valence-corrected chi connectivity index (χ1v) is 9.54. The minimum absolute atomic E-state index is 0.0507. The summed E-state index contributed by atoms with van der Waals surface area (Å²) in [6.45, 7) is 2.04. The van der Waals surface area contributed by atoms with Crippen molar-refractivity contribution in [1.82, 2.24) is 0 Å². The summed E-state index contributed by atoms with van der Waals surface area (Å²) in [5, 5.41) is 10.3. The monoisotopic (exact) mass is 380 g/mol. The van der Waals surface area contributed by atoms with Gasteiger partial charge < -0.3 is 9.84 Å². The van der Waals surface area contributed by atoms with Crippen molar-refractivity contribution in [1.29, 1.82) is 0 Å². The van der Waals surface area contributed by atoms with Gasteiger partial charge in [0.25, 0.3) is 0 Å². The number of ketones is 1. The first kappa shape index (κ1) is 22.4. The number of ether oxygens (including phenoxy) is 1. The Morgan fingerprint density at radius 1 is 1.31 bits per heavy atom. The van der Waals surface area contributed by atoms with Crippen molar-refractivity contribution in [3.05, 3.63) is 47.1 Å². The fraction of sp³-hybridized carbons (Fsp3) is 0.524. The molecule has 2 atom stereocenters. The van der Waals surface area contributed by atoms with Crippen LogP contribution in [0.4, 0.5) is 0 Å². The van der Waals surface area contributed by atoms with Gasteiger partial charge in [0.15, 0.2) is 5.78 Å². The van der Waals surface area contributed by atoms with Crippen LogP contribution in [0.5, 0.6) is 0 Å². The zero-order valence-electron chi connectivity index (χ0n) is 15.6. The summed E-state index contributed by atoms with van der Waals surface area (Å²) in [7, 11) is 1.39. The average molecular weight is 381 g/mol. The lowest BCUT2D eigenvalue weighted by Gasteiger charge is -2.09. The van der Waals surface area contributed by atoms with Gasteiger partial charge in [-0.25, -0.2) is 0 Å². The predicted octanol–water partition coefficient (Wildman–Crippen LogP) is 4.63. The molecular weight excluding hydrogens is 352 g/mol. The number of hydrogen-bond donors (Lipinski definition) is 1. The quantitative estimate of drug-likeness (QED) is 0.245. The van der Waals surface area contributed by atoms with E-state index in [1.165, 1.54) is 7.11 Å². The second-order valence-corrected chi connectivity index (χ2v) is 6.70. The molecule has 5 heteroatoms. The Morgan fingerprint density at radius 2 is 2.08 bits per heavy atom. The third-order valence-corrected chi connectivity index (χ3v) is 4.48. The standard InChI is InChI=1S/C21H29ClO4/c1-3-4-7-11-17(23)13-14-18-16(15-19(22)21(18)25)10-8-5-6-9-12-20(24)26-2/h4-5,7-8,14-17,23H,3,6,9-13H2,1-2H3/b7-4-,8-5-,18-14+/t16-,17-/m0/s1. The topological polar surface area (TPSA) is 63.6 Å². The van der Waals surface area contributed by atoms with Gasteiger partial charge in [-0.15, -0.1) is 0 Å². The lowest BCUT2D eigenvalue weighted by molar-refractivity contribution is -0.140. The van der Waals surface area contributed by atoms with E-state index in [2.05, 4.69) is 4.74 Å². The van der Waals surface area contributed by atoms with E-state index in [0.717, 1.165) is 19.3 Å². The summed E-state index contributed by atoms with van der Waals surface area (Å²) in [6, 6.07) is 0. The summed E-state index contributed by atoms with van der Waals surface area (Å²) in [6.07, 6.45) is 15.7. The molecule has 0 aromatic rings. The largest absolute Gasteiger partial charge is 0.469 e. The van der Waals surface area contributed by atoms with Gasteiger partial charge in [-0.3, -0.25) is 9.59 Å². The lowest BCUT2D eigenvalue weighted by atomic mass is 9.96. The number of carbonyl (C=O) groups excluding carboxylic acids is 2. The predicted molar refractivity (Wildman–Crippen MR) is 105 cm³/mol. The van der Waals surface area contributed by atoms with E-state index in [-0.39, 0.29) is 22.7 Å². The van der Waals surface area contributed by atoms with E-state index in [9.17, 15) is 14.7 Å². The molecule has 4 nitrogen and oxygen atoms in total. The molecule has 0 unspecified atom stereocenters. The minimum atomic E-state index is -0.494. The van der Waals surface area contributed by atoms with Crippen LogP contribution in [0.3, 0.4) is 0 Å². The van der Waals surface area contributed by atoms with Crippen LogP contribution in [-0.2, 0) is 14.3 Å². The molecule has 0 spiro atoms. The second kappa shape index (κ2) is 12.7. The fourth-order valence-corrected chi connectivity index (χ4v) is 2.95. The Kier molecular flexibility index (Phi) is 10.9. The van der Waals surface area contributed by atoms with Crippen molar-refractivity contribution in [3.63, 3.8) is 0 Å². The number of aliphatic hydroxyl groups excluding tert-OH is 1. The minimum Gasteiger partial charge on any atom is -0.469 e.